The van der Waals surface area contributed by atoms with Crippen molar-refractivity contribution < 1.29 is 9.13 Å². The van der Waals surface area contributed by atoms with Crippen molar-refractivity contribution in [2.45, 2.75) is 20.3 Å². The molecule has 4 heteroatoms. The van der Waals surface area contributed by atoms with Crippen LogP contribution in [-0.4, -0.2) is 11.5 Å². The second-order valence-corrected chi connectivity index (χ2v) is 4.35. The number of aromatic nitrogens is 1. The minimum absolute atomic E-state index is 0.311. The van der Waals surface area contributed by atoms with Crippen LogP contribution in [0.1, 0.15) is 18.9 Å². The minimum atomic E-state index is -0.311. The Morgan fingerprint density at radius 1 is 1.26 bits per heavy atom. The molecule has 1 aromatic heterocycles. The zero-order valence-electron chi connectivity index (χ0n) is 11.1. The number of aryl methyl sites for hydroxylation is 1. The molecule has 0 bridgehead atoms. The van der Waals surface area contributed by atoms with Gasteiger partial charge in [0.15, 0.2) is 0 Å². The molecule has 0 aliphatic carbocycles. The number of hydrogen-bond acceptors (Lipinski definition) is 3. The molecular weight excluding hydrogens is 243 g/mol. The van der Waals surface area contributed by atoms with Gasteiger partial charge >= 0.3 is 0 Å². The van der Waals surface area contributed by atoms with Gasteiger partial charge < -0.3 is 10.1 Å². The fraction of sp³-hybridized carbons (Fsp3) is 0.267. The molecule has 2 rings (SSSR count). The Hall–Kier alpha value is -2.10. The summed E-state index contributed by atoms with van der Waals surface area (Å²) in [6, 6.07) is 6.34. The Balaban J connectivity index is 2.16. The van der Waals surface area contributed by atoms with Crippen molar-refractivity contribution >= 4 is 5.69 Å². The summed E-state index contributed by atoms with van der Waals surface area (Å²) in [5, 5.41) is 3.23. The third-order valence-corrected chi connectivity index (χ3v) is 2.67. The number of anilines is 1. The lowest BCUT2D eigenvalue weighted by atomic mass is 10.2. The summed E-state index contributed by atoms with van der Waals surface area (Å²) in [5.74, 6) is 0.790. The number of benzene rings is 1. The lowest BCUT2D eigenvalue weighted by Crippen LogP contribution is -2.00. The molecule has 0 saturated carbocycles. The van der Waals surface area contributed by atoms with Crippen molar-refractivity contribution in [3.8, 4) is 11.5 Å². The number of ether oxygens (including phenoxy) is 1. The van der Waals surface area contributed by atoms with E-state index in [-0.39, 0.29) is 5.82 Å². The monoisotopic (exact) mass is 260 g/mol. The van der Waals surface area contributed by atoms with E-state index in [9.17, 15) is 4.39 Å². The number of nitrogens with zero attached hydrogens (tertiary/aromatic N) is 1. The predicted molar refractivity (Wildman–Crippen MR) is 74.2 cm³/mol. The van der Waals surface area contributed by atoms with E-state index in [1.165, 1.54) is 12.1 Å². The van der Waals surface area contributed by atoms with E-state index in [4.69, 9.17) is 4.74 Å². The summed E-state index contributed by atoms with van der Waals surface area (Å²) < 4.78 is 18.9. The molecule has 0 radical (unpaired) electrons. The highest BCUT2D eigenvalue weighted by molar-refractivity contribution is 5.47. The van der Waals surface area contributed by atoms with Crippen LogP contribution in [0.25, 0.3) is 0 Å². The van der Waals surface area contributed by atoms with Crippen LogP contribution in [0, 0.1) is 12.7 Å². The van der Waals surface area contributed by atoms with Crippen LogP contribution in [0.5, 0.6) is 11.5 Å². The first-order valence-electron chi connectivity index (χ1n) is 6.32. The van der Waals surface area contributed by atoms with Crippen LogP contribution >= 0.6 is 0 Å². The highest BCUT2D eigenvalue weighted by Gasteiger charge is 2.04. The van der Waals surface area contributed by atoms with Crippen LogP contribution in [0.2, 0.25) is 0 Å². The van der Waals surface area contributed by atoms with Crippen molar-refractivity contribution in [1.29, 1.82) is 0 Å². The number of pyridine rings is 1. The van der Waals surface area contributed by atoms with E-state index in [1.54, 1.807) is 18.5 Å². The number of halogens is 1. The molecule has 0 saturated heterocycles. The van der Waals surface area contributed by atoms with Crippen molar-refractivity contribution in [3.05, 3.63) is 48.0 Å². The first kappa shape index (κ1) is 13.3. The summed E-state index contributed by atoms with van der Waals surface area (Å²) in [4.78, 5) is 4.10. The molecule has 19 heavy (non-hydrogen) atoms. The van der Waals surface area contributed by atoms with Gasteiger partial charge in [-0.25, -0.2) is 4.39 Å². The Bertz CT molecular complexity index is 558. The molecule has 1 aromatic carbocycles. The molecule has 0 atom stereocenters. The summed E-state index contributed by atoms with van der Waals surface area (Å²) in [7, 11) is 0. The van der Waals surface area contributed by atoms with E-state index in [0.29, 0.717) is 11.5 Å². The maximum absolute atomic E-state index is 13.2. The molecular formula is C15H17FN2O. The van der Waals surface area contributed by atoms with Crippen LogP contribution in [-0.2, 0) is 0 Å². The average molecular weight is 260 g/mol. The zero-order valence-corrected chi connectivity index (χ0v) is 11.1. The molecule has 2 aromatic rings. The largest absolute Gasteiger partial charge is 0.455 e. The fourth-order valence-corrected chi connectivity index (χ4v) is 1.65. The number of nitrogens with one attached hydrogen (secondary N) is 1. The number of hydrogen-bond donors (Lipinski definition) is 1. The van der Waals surface area contributed by atoms with Gasteiger partial charge in [0.05, 0.1) is 18.1 Å². The molecule has 0 aliphatic rings. The van der Waals surface area contributed by atoms with Crippen molar-refractivity contribution in [2.75, 3.05) is 11.9 Å². The van der Waals surface area contributed by atoms with Gasteiger partial charge in [-0.05, 0) is 25.0 Å². The average Bonchev–Trinajstić information content (AvgIpc) is 2.41. The molecule has 1 N–H and O–H groups in total. The molecule has 0 spiro atoms. The molecule has 0 fully saturated rings. The van der Waals surface area contributed by atoms with Crippen molar-refractivity contribution in [1.82, 2.24) is 4.98 Å². The lowest BCUT2D eigenvalue weighted by Gasteiger charge is -2.10. The first-order chi connectivity index (χ1) is 9.19. The summed E-state index contributed by atoms with van der Waals surface area (Å²) in [6.07, 6.45) is 4.39. The lowest BCUT2D eigenvalue weighted by molar-refractivity contribution is 0.471. The second kappa shape index (κ2) is 6.18. The van der Waals surface area contributed by atoms with Crippen LogP contribution in [0.15, 0.2) is 36.7 Å². The van der Waals surface area contributed by atoms with Crippen molar-refractivity contribution in [2.24, 2.45) is 0 Å². The Labute approximate surface area is 112 Å². The Kier molecular flexibility index (Phi) is 4.34. The van der Waals surface area contributed by atoms with E-state index in [0.717, 1.165) is 24.2 Å². The maximum Gasteiger partial charge on any atom is 0.147 e. The second-order valence-electron chi connectivity index (χ2n) is 4.35. The number of rotatable bonds is 5. The Morgan fingerprint density at radius 3 is 2.89 bits per heavy atom. The van der Waals surface area contributed by atoms with E-state index < -0.39 is 0 Å². The van der Waals surface area contributed by atoms with Gasteiger partial charge in [-0.2, -0.15) is 0 Å². The van der Waals surface area contributed by atoms with Gasteiger partial charge in [0, 0.05) is 18.7 Å². The maximum atomic E-state index is 13.2. The first-order valence-corrected chi connectivity index (χ1v) is 6.32. The quantitative estimate of drug-likeness (QED) is 0.877. The normalized spacial score (nSPS) is 10.3. The molecule has 0 aliphatic heterocycles. The molecule has 100 valence electrons. The highest BCUT2D eigenvalue weighted by Crippen LogP contribution is 2.26. The molecule has 0 amide bonds. The Morgan fingerprint density at radius 2 is 2.11 bits per heavy atom. The summed E-state index contributed by atoms with van der Waals surface area (Å²) in [5.41, 5.74) is 1.78. The van der Waals surface area contributed by atoms with E-state index >= 15 is 0 Å². The SMILES string of the molecule is CCCNc1cncc(Oc2cc(F)ccc2C)c1. The highest BCUT2D eigenvalue weighted by atomic mass is 19.1. The van der Waals surface area contributed by atoms with Crippen LogP contribution < -0.4 is 10.1 Å². The van der Waals surface area contributed by atoms with Gasteiger partial charge in [-0.3, -0.25) is 4.98 Å². The zero-order chi connectivity index (χ0) is 13.7. The van der Waals surface area contributed by atoms with Crippen LogP contribution in [0.3, 0.4) is 0 Å². The molecule has 1 heterocycles. The third-order valence-electron chi connectivity index (χ3n) is 2.67. The fourth-order valence-electron chi connectivity index (χ4n) is 1.65. The molecule has 3 nitrogen and oxygen atoms in total. The van der Waals surface area contributed by atoms with Gasteiger partial charge in [0.1, 0.15) is 17.3 Å². The van der Waals surface area contributed by atoms with Crippen LogP contribution in [0.4, 0.5) is 10.1 Å². The van der Waals surface area contributed by atoms with E-state index in [1.807, 2.05) is 13.0 Å². The van der Waals surface area contributed by atoms with Gasteiger partial charge in [-0.1, -0.05) is 13.0 Å². The van der Waals surface area contributed by atoms with E-state index in [2.05, 4.69) is 17.2 Å². The topological polar surface area (TPSA) is 34.2 Å². The standard InChI is InChI=1S/C15H17FN2O/c1-3-6-18-13-8-14(10-17-9-13)19-15-7-12(16)5-4-11(15)2/h4-5,7-10,18H,3,6H2,1-2H3. The van der Waals surface area contributed by atoms with Crippen molar-refractivity contribution in [3.63, 3.8) is 0 Å². The minimum Gasteiger partial charge on any atom is -0.455 e. The summed E-state index contributed by atoms with van der Waals surface area (Å²) >= 11 is 0. The third kappa shape index (κ3) is 3.68. The van der Waals surface area contributed by atoms with Gasteiger partial charge in [-0.15, -0.1) is 0 Å². The predicted octanol–water partition coefficient (Wildman–Crippen LogP) is 4.14. The molecule has 0 unspecified atom stereocenters. The smallest absolute Gasteiger partial charge is 0.147 e. The van der Waals surface area contributed by atoms with Gasteiger partial charge in [0.25, 0.3) is 0 Å². The van der Waals surface area contributed by atoms with Gasteiger partial charge in [0.2, 0.25) is 0 Å². The summed E-state index contributed by atoms with van der Waals surface area (Å²) in [6.45, 7) is 4.85.